The molecule has 1 heterocycles. The molecule has 37 heavy (non-hydrogen) atoms. The van der Waals surface area contributed by atoms with E-state index in [0.717, 1.165) is 12.1 Å². The fourth-order valence-corrected chi connectivity index (χ4v) is 3.72. The molecule has 0 aromatic heterocycles. The smallest absolute Gasteiger partial charge is 0.461 e. The van der Waals surface area contributed by atoms with Gasteiger partial charge in [0.05, 0.1) is 22.9 Å². The van der Waals surface area contributed by atoms with E-state index in [4.69, 9.17) is 4.74 Å². The fraction of sp³-hybridized carbons (Fsp3) is 0.250. The minimum Gasteiger partial charge on any atom is -0.488 e. The van der Waals surface area contributed by atoms with Gasteiger partial charge in [0, 0.05) is 5.56 Å². The average Bonchev–Trinajstić information content (AvgIpc) is 2.81. The van der Waals surface area contributed by atoms with Crippen LogP contribution in [0.4, 0.5) is 49.6 Å². The molecule has 1 unspecified atom stereocenters. The van der Waals surface area contributed by atoms with Crippen molar-refractivity contribution in [3.63, 3.8) is 0 Å². The molecule has 4 rings (SSSR count). The molecule has 1 aliphatic rings. The molecule has 3 aromatic rings. The topological polar surface area (TPSA) is 30.5 Å². The molecular weight excluding hydrogens is 524 g/mol. The molecule has 0 spiro atoms. The zero-order valence-electron chi connectivity index (χ0n) is 18.2. The molecule has 0 bridgehead atoms. The fourth-order valence-electron chi connectivity index (χ4n) is 3.72. The van der Waals surface area contributed by atoms with Crippen molar-refractivity contribution in [1.29, 1.82) is 0 Å². The van der Waals surface area contributed by atoms with Crippen LogP contribution < -0.4 is 14.8 Å². The number of rotatable bonds is 5. The van der Waals surface area contributed by atoms with Crippen LogP contribution in [0.3, 0.4) is 0 Å². The highest BCUT2D eigenvalue weighted by molar-refractivity contribution is 5.80. The Hall–Kier alpha value is -3.64. The van der Waals surface area contributed by atoms with Crippen LogP contribution in [0.5, 0.6) is 11.5 Å². The van der Waals surface area contributed by atoms with Gasteiger partial charge in [-0.05, 0) is 47.5 Å². The molecule has 0 saturated heterocycles. The van der Waals surface area contributed by atoms with E-state index in [9.17, 15) is 43.9 Å². The van der Waals surface area contributed by atoms with Crippen LogP contribution in [-0.2, 0) is 12.4 Å². The Kier molecular flexibility index (Phi) is 6.67. The summed E-state index contributed by atoms with van der Waals surface area (Å²) < 4.78 is 141. The summed E-state index contributed by atoms with van der Waals surface area (Å²) >= 11 is 0. The number of hydrogen-bond donors (Lipinski definition) is 1. The quantitative estimate of drug-likeness (QED) is 0.332. The number of ether oxygens (including phenoxy) is 2. The molecule has 1 atom stereocenters. The third-order valence-corrected chi connectivity index (χ3v) is 5.41. The van der Waals surface area contributed by atoms with Gasteiger partial charge in [-0.15, -0.1) is 0 Å². The van der Waals surface area contributed by atoms with Gasteiger partial charge in [0.1, 0.15) is 18.1 Å². The summed E-state index contributed by atoms with van der Waals surface area (Å²) in [4.78, 5) is 0. The predicted molar refractivity (Wildman–Crippen MR) is 112 cm³/mol. The van der Waals surface area contributed by atoms with Crippen molar-refractivity contribution >= 4 is 5.69 Å². The first-order chi connectivity index (χ1) is 17.1. The minimum atomic E-state index is -5.04. The lowest BCUT2D eigenvalue weighted by atomic mass is 9.96. The van der Waals surface area contributed by atoms with Gasteiger partial charge >= 0.3 is 24.9 Å². The zero-order chi connectivity index (χ0) is 27.2. The lowest BCUT2D eigenvalue weighted by Crippen LogP contribution is -2.33. The number of anilines is 1. The zero-order valence-corrected chi connectivity index (χ0v) is 18.2. The molecule has 1 N–H and O–H groups in total. The molecule has 3 aromatic carbocycles. The van der Waals surface area contributed by atoms with Crippen molar-refractivity contribution < 1.29 is 53.4 Å². The van der Waals surface area contributed by atoms with Crippen molar-refractivity contribution in [3.8, 4) is 22.6 Å². The van der Waals surface area contributed by atoms with Crippen molar-refractivity contribution in [3.05, 3.63) is 77.4 Å². The summed E-state index contributed by atoms with van der Waals surface area (Å²) in [5.74, 6) is -0.573. The highest BCUT2D eigenvalue weighted by Gasteiger charge is 2.44. The van der Waals surface area contributed by atoms with E-state index in [-0.39, 0.29) is 40.8 Å². The molecule has 198 valence electrons. The first-order valence-electron chi connectivity index (χ1n) is 10.4. The van der Waals surface area contributed by atoms with E-state index in [0.29, 0.717) is 12.1 Å². The van der Waals surface area contributed by atoms with Crippen molar-refractivity contribution in [1.82, 2.24) is 0 Å². The van der Waals surface area contributed by atoms with Crippen LogP contribution >= 0.6 is 0 Å². The van der Waals surface area contributed by atoms with Crippen molar-refractivity contribution in [2.45, 2.75) is 30.9 Å². The van der Waals surface area contributed by atoms with Gasteiger partial charge in [0.15, 0.2) is 0 Å². The van der Waals surface area contributed by atoms with Crippen LogP contribution in [0.25, 0.3) is 11.1 Å². The lowest BCUT2D eigenvalue weighted by Gasteiger charge is -2.30. The highest BCUT2D eigenvalue weighted by Crippen LogP contribution is 2.45. The Labute approximate surface area is 202 Å². The van der Waals surface area contributed by atoms with E-state index < -0.39 is 47.8 Å². The summed E-state index contributed by atoms with van der Waals surface area (Å²) in [6.07, 6.45) is -18.9. The second-order valence-electron chi connectivity index (χ2n) is 8.02. The van der Waals surface area contributed by atoms with E-state index in [1.54, 1.807) is 0 Å². The molecule has 0 fully saturated rings. The number of halogens is 10. The molecule has 13 heteroatoms. The number of alkyl halides is 10. The van der Waals surface area contributed by atoms with Gasteiger partial charge in [0.25, 0.3) is 0 Å². The summed E-state index contributed by atoms with van der Waals surface area (Å²) in [5, 5.41) is 2.97. The summed E-state index contributed by atoms with van der Waals surface area (Å²) in [6.45, 7) is -0.218. The second kappa shape index (κ2) is 9.34. The monoisotopic (exact) mass is 539 g/mol. The standard InChI is InChI=1S/C24H15F10NO2/c25-21(26)24(33,34)37-16-4-1-3-12(9-16)19-11-36-20-17(5-2-6-18(20)35-19)13-7-14(22(27,28)29)10-15(8-13)23(30,31)32/h1-10,19,21,35H,11H2. The lowest BCUT2D eigenvalue weighted by molar-refractivity contribution is -0.253. The average molecular weight is 539 g/mol. The van der Waals surface area contributed by atoms with E-state index in [1.165, 1.54) is 30.3 Å². The third-order valence-electron chi connectivity index (χ3n) is 5.41. The van der Waals surface area contributed by atoms with Gasteiger partial charge in [0.2, 0.25) is 0 Å². The van der Waals surface area contributed by atoms with Crippen LogP contribution in [0.2, 0.25) is 0 Å². The van der Waals surface area contributed by atoms with Gasteiger partial charge in [-0.2, -0.15) is 43.9 Å². The van der Waals surface area contributed by atoms with E-state index in [2.05, 4.69) is 10.1 Å². The maximum atomic E-state index is 13.3. The molecule has 3 nitrogen and oxygen atoms in total. The van der Waals surface area contributed by atoms with Crippen LogP contribution in [0, 0.1) is 0 Å². The van der Waals surface area contributed by atoms with Gasteiger partial charge < -0.3 is 14.8 Å². The maximum absolute atomic E-state index is 13.3. The predicted octanol–water partition coefficient (Wildman–Crippen LogP) is 8.17. The highest BCUT2D eigenvalue weighted by atomic mass is 19.4. The molecular formula is C24H15F10NO2. The summed E-state index contributed by atoms with van der Waals surface area (Å²) in [6, 6.07) is 9.41. The van der Waals surface area contributed by atoms with Crippen LogP contribution in [-0.4, -0.2) is 19.1 Å². The summed E-state index contributed by atoms with van der Waals surface area (Å²) in [5.41, 5.74) is -2.93. The maximum Gasteiger partial charge on any atom is 0.461 e. The van der Waals surface area contributed by atoms with Gasteiger partial charge in [-0.25, -0.2) is 0 Å². The molecule has 0 amide bonds. The number of benzene rings is 3. The normalized spacial score (nSPS) is 16.1. The number of nitrogens with one attached hydrogen (secondary N) is 1. The first kappa shape index (κ1) is 26.4. The number of hydrogen-bond acceptors (Lipinski definition) is 3. The molecule has 0 saturated carbocycles. The van der Waals surface area contributed by atoms with E-state index >= 15 is 0 Å². The number of para-hydroxylation sites is 1. The summed E-state index contributed by atoms with van der Waals surface area (Å²) in [7, 11) is 0. The Balaban J connectivity index is 1.67. The largest absolute Gasteiger partial charge is 0.488 e. The minimum absolute atomic E-state index is 0.0145. The molecule has 0 radical (unpaired) electrons. The van der Waals surface area contributed by atoms with Crippen LogP contribution in [0.15, 0.2) is 60.7 Å². The SMILES string of the molecule is FC(F)C(F)(F)Oc1cccc(C2COc3c(cccc3-c3cc(C(F)(F)F)cc(C(F)(F)F)c3)N2)c1. The van der Waals surface area contributed by atoms with Crippen molar-refractivity contribution in [2.24, 2.45) is 0 Å². The Bertz CT molecular complexity index is 1260. The van der Waals surface area contributed by atoms with Crippen molar-refractivity contribution in [2.75, 3.05) is 11.9 Å². The van der Waals surface area contributed by atoms with E-state index in [1.807, 2.05) is 0 Å². The Morgan fingerprint density at radius 3 is 2.03 bits per heavy atom. The Morgan fingerprint density at radius 2 is 1.43 bits per heavy atom. The molecule has 0 aliphatic carbocycles. The van der Waals surface area contributed by atoms with Gasteiger partial charge in [-0.3, -0.25) is 0 Å². The van der Waals surface area contributed by atoms with Gasteiger partial charge in [-0.1, -0.05) is 24.3 Å². The van der Waals surface area contributed by atoms with Crippen LogP contribution in [0.1, 0.15) is 22.7 Å². The second-order valence-corrected chi connectivity index (χ2v) is 8.02. The third kappa shape index (κ3) is 5.70. The number of fused-ring (bicyclic) bond motifs is 1. The Morgan fingerprint density at radius 1 is 0.811 bits per heavy atom. The first-order valence-corrected chi connectivity index (χ1v) is 10.4. The molecule has 1 aliphatic heterocycles.